The fourth-order valence-corrected chi connectivity index (χ4v) is 3.75. The molecule has 0 bridgehead atoms. The molecule has 0 heterocycles. The molecule has 1 saturated carbocycles. The molecule has 0 aromatic heterocycles. The molecule has 2 atom stereocenters. The van der Waals surface area contributed by atoms with E-state index >= 15 is 0 Å². The van der Waals surface area contributed by atoms with E-state index in [1.54, 1.807) is 12.1 Å². The molecule has 0 radical (unpaired) electrons. The standard InChI is InChI=1S/C16H26N2O2S/c1-21(19,20)16-8-6-13(7-9-16)11-18-12-15-5-3-2-4-14(15)10-17/h6-9,14-15,18H,2-5,10-12,17H2,1H3. The molecule has 0 aliphatic heterocycles. The van der Waals surface area contributed by atoms with Gasteiger partial charge in [0.1, 0.15) is 0 Å². The maximum absolute atomic E-state index is 11.4. The van der Waals surface area contributed by atoms with Gasteiger partial charge in [-0.1, -0.05) is 25.0 Å². The number of nitrogens with one attached hydrogen (secondary N) is 1. The summed E-state index contributed by atoms with van der Waals surface area (Å²) in [5.74, 6) is 1.33. The molecule has 3 N–H and O–H groups in total. The lowest BCUT2D eigenvalue weighted by molar-refractivity contribution is 0.235. The van der Waals surface area contributed by atoms with E-state index in [2.05, 4.69) is 5.32 Å². The van der Waals surface area contributed by atoms with Crippen LogP contribution in [0.2, 0.25) is 0 Å². The van der Waals surface area contributed by atoms with Crippen LogP contribution >= 0.6 is 0 Å². The second-order valence-corrected chi connectivity index (χ2v) is 8.10. The average Bonchev–Trinajstić information content (AvgIpc) is 2.47. The van der Waals surface area contributed by atoms with Crippen LogP contribution in [0.1, 0.15) is 31.2 Å². The molecule has 118 valence electrons. The monoisotopic (exact) mass is 310 g/mol. The normalized spacial score (nSPS) is 23.1. The minimum absolute atomic E-state index is 0.377. The summed E-state index contributed by atoms with van der Waals surface area (Å²) >= 11 is 0. The van der Waals surface area contributed by atoms with E-state index < -0.39 is 9.84 Å². The highest BCUT2D eigenvalue weighted by molar-refractivity contribution is 7.90. The van der Waals surface area contributed by atoms with E-state index in [1.165, 1.54) is 31.9 Å². The van der Waals surface area contributed by atoms with Gasteiger partial charge in [0, 0.05) is 12.8 Å². The van der Waals surface area contributed by atoms with Gasteiger partial charge in [-0.15, -0.1) is 0 Å². The second-order valence-electron chi connectivity index (χ2n) is 6.09. The van der Waals surface area contributed by atoms with Crippen LogP contribution in [-0.4, -0.2) is 27.8 Å². The Balaban J connectivity index is 1.83. The van der Waals surface area contributed by atoms with Gasteiger partial charge in [0.05, 0.1) is 4.90 Å². The number of rotatable bonds is 6. The molecule has 2 unspecified atom stereocenters. The number of nitrogens with two attached hydrogens (primary N) is 1. The fourth-order valence-electron chi connectivity index (χ4n) is 3.12. The van der Waals surface area contributed by atoms with Crippen LogP contribution in [0.5, 0.6) is 0 Å². The van der Waals surface area contributed by atoms with Crippen molar-refractivity contribution in [3.63, 3.8) is 0 Å². The van der Waals surface area contributed by atoms with Gasteiger partial charge >= 0.3 is 0 Å². The van der Waals surface area contributed by atoms with Crippen molar-refractivity contribution in [3.8, 4) is 0 Å². The second kappa shape index (κ2) is 7.38. The lowest BCUT2D eigenvalue weighted by Gasteiger charge is -2.30. The van der Waals surface area contributed by atoms with E-state index in [0.717, 1.165) is 25.2 Å². The van der Waals surface area contributed by atoms with E-state index in [0.29, 0.717) is 16.7 Å². The first-order valence-electron chi connectivity index (χ1n) is 7.70. The predicted octanol–water partition coefficient (Wildman–Crippen LogP) is 1.94. The van der Waals surface area contributed by atoms with E-state index in [4.69, 9.17) is 5.73 Å². The first kappa shape index (κ1) is 16.5. The summed E-state index contributed by atoms with van der Waals surface area (Å²) in [4.78, 5) is 0.377. The Bertz CT molecular complexity index is 540. The van der Waals surface area contributed by atoms with Gasteiger partial charge in [-0.05, 0) is 55.5 Å². The largest absolute Gasteiger partial charge is 0.330 e. The summed E-state index contributed by atoms with van der Waals surface area (Å²) in [6.45, 7) is 2.56. The van der Waals surface area contributed by atoms with E-state index in [-0.39, 0.29) is 0 Å². The highest BCUT2D eigenvalue weighted by Gasteiger charge is 2.23. The molecule has 1 aliphatic carbocycles. The van der Waals surface area contributed by atoms with E-state index in [9.17, 15) is 8.42 Å². The van der Waals surface area contributed by atoms with Crippen LogP contribution in [0, 0.1) is 11.8 Å². The third-order valence-electron chi connectivity index (χ3n) is 4.46. The van der Waals surface area contributed by atoms with Crippen LogP contribution in [-0.2, 0) is 16.4 Å². The van der Waals surface area contributed by atoms with E-state index in [1.807, 2.05) is 12.1 Å². The molecule has 1 aromatic carbocycles. The topological polar surface area (TPSA) is 72.2 Å². The van der Waals surface area contributed by atoms with Crippen LogP contribution in [0.15, 0.2) is 29.2 Å². The molecule has 0 saturated heterocycles. The summed E-state index contributed by atoms with van der Waals surface area (Å²) in [7, 11) is -3.10. The molecule has 5 heteroatoms. The van der Waals surface area contributed by atoms with Crippen molar-refractivity contribution in [1.82, 2.24) is 5.32 Å². The number of hydrogen-bond donors (Lipinski definition) is 2. The zero-order valence-electron chi connectivity index (χ0n) is 12.7. The Morgan fingerprint density at radius 3 is 2.33 bits per heavy atom. The van der Waals surface area contributed by atoms with Gasteiger partial charge in [0.2, 0.25) is 0 Å². The third kappa shape index (κ3) is 4.80. The number of benzene rings is 1. The van der Waals surface area contributed by atoms with Crippen molar-refractivity contribution in [3.05, 3.63) is 29.8 Å². The van der Waals surface area contributed by atoms with Gasteiger partial charge in [0.25, 0.3) is 0 Å². The lowest BCUT2D eigenvalue weighted by Crippen LogP contribution is -2.34. The van der Waals surface area contributed by atoms with Gasteiger partial charge in [-0.25, -0.2) is 8.42 Å². The highest BCUT2D eigenvalue weighted by atomic mass is 32.2. The molecular weight excluding hydrogens is 284 g/mol. The summed E-state index contributed by atoms with van der Waals surface area (Å²) in [5, 5.41) is 3.49. The third-order valence-corrected chi connectivity index (χ3v) is 5.58. The van der Waals surface area contributed by atoms with Crippen molar-refractivity contribution >= 4 is 9.84 Å². The summed E-state index contributed by atoms with van der Waals surface area (Å²) < 4.78 is 22.8. The first-order valence-corrected chi connectivity index (χ1v) is 9.59. The highest BCUT2D eigenvalue weighted by Crippen LogP contribution is 2.28. The minimum atomic E-state index is -3.10. The van der Waals surface area contributed by atoms with Gasteiger partial charge in [-0.3, -0.25) is 0 Å². The molecule has 1 aliphatic rings. The average molecular weight is 310 g/mol. The van der Waals surface area contributed by atoms with Crippen LogP contribution < -0.4 is 11.1 Å². The molecule has 21 heavy (non-hydrogen) atoms. The molecule has 0 amide bonds. The lowest BCUT2D eigenvalue weighted by atomic mass is 9.79. The van der Waals surface area contributed by atoms with Gasteiger partial charge in [-0.2, -0.15) is 0 Å². The predicted molar refractivity (Wildman–Crippen MR) is 85.8 cm³/mol. The maximum Gasteiger partial charge on any atom is 0.175 e. The molecule has 1 aromatic rings. The molecule has 0 spiro atoms. The first-order chi connectivity index (χ1) is 10.0. The van der Waals surface area contributed by atoms with Crippen LogP contribution in [0.4, 0.5) is 0 Å². The molecule has 2 rings (SSSR count). The smallest absolute Gasteiger partial charge is 0.175 e. The van der Waals surface area contributed by atoms with Crippen molar-refractivity contribution in [2.75, 3.05) is 19.3 Å². The Hall–Kier alpha value is -0.910. The quantitative estimate of drug-likeness (QED) is 0.842. The Morgan fingerprint density at radius 2 is 1.76 bits per heavy atom. The van der Waals surface area contributed by atoms with Crippen molar-refractivity contribution in [2.24, 2.45) is 17.6 Å². The van der Waals surface area contributed by atoms with Crippen molar-refractivity contribution < 1.29 is 8.42 Å². The number of sulfone groups is 1. The summed E-state index contributed by atoms with van der Waals surface area (Å²) in [6.07, 6.45) is 6.38. The molecular formula is C16H26N2O2S. The summed E-state index contributed by atoms with van der Waals surface area (Å²) in [6, 6.07) is 7.11. The van der Waals surface area contributed by atoms with Gasteiger partial charge in [0.15, 0.2) is 9.84 Å². The maximum atomic E-state index is 11.4. The zero-order chi connectivity index (χ0) is 15.3. The zero-order valence-corrected chi connectivity index (χ0v) is 13.5. The van der Waals surface area contributed by atoms with Gasteiger partial charge < -0.3 is 11.1 Å². The Kier molecular flexibility index (Phi) is 5.79. The SMILES string of the molecule is CS(=O)(=O)c1ccc(CNCC2CCCCC2CN)cc1. The summed E-state index contributed by atoms with van der Waals surface area (Å²) in [5.41, 5.74) is 6.96. The molecule has 1 fully saturated rings. The van der Waals surface area contributed by atoms with Crippen molar-refractivity contribution in [1.29, 1.82) is 0 Å². The minimum Gasteiger partial charge on any atom is -0.330 e. The molecule has 4 nitrogen and oxygen atoms in total. The van der Waals surface area contributed by atoms with Crippen LogP contribution in [0.25, 0.3) is 0 Å². The van der Waals surface area contributed by atoms with Crippen LogP contribution in [0.3, 0.4) is 0 Å². The Labute approximate surface area is 128 Å². The van der Waals surface area contributed by atoms with Crippen molar-refractivity contribution in [2.45, 2.75) is 37.1 Å². The fraction of sp³-hybridized carbons (Fsp3) is 0.625. The Morgan fingerprint density at radius 1 is 1.14 bits per heavy atom. The number of hydrogen-bond acceptors (Lipinski definition) is 4.